The molecule has 7 heteroatoms. The van der Waals surface area contributed by atoms with E-state index in [-0.39, 0.29) is 4.90 Å². The van der Waals surface area contributed by atoms with Crippen LogP contribution in [0.2, 0.25) is 0 Å². The molecule has 0 unspecified atom stereocenters. The molecule has 2 heterocycles. The molecule has 1 aromatic heterocycles. The maximum absolute atomic E-state index is 13.3. The number of sulfonamides is 1. The van der Waals surface area contributed by atoms with Crippen molar-refractivity contribution >= 4 is 31.4 Å². The van der Waals surface area contributed by atoms with E-state index in [0.717, 1.165) is 20.5 Å². The molecule has 0 spiro atoms. The highest BCUT2D eigenvalue weighted by Gasteiger charge is 2.26. The highest BCUT2D eigenvalue weighted by Crippen LogP contribution is 2.36. The Morgan fingerprint density at radius 2 is 1.57 bits per heavy atom. The molecule has 1 aliphatic heterocycles. The van der Waals surface area contributed by atoms with Gasteiger partial charge in [0.1, 0.15) is 13.2 Å². The van der Waals surface area contributed by atoms with Crippen LogP contribution < -0.4 is 14.2 Å². The number of fused-ring (bicyclic) bond motifs is 2. The molecule has 5 rings (SSSR count). The Morgan fingerprint density at radius 3 is 2.37 bits per heavy atom. The van der Waals surface area contributed by atoms with Crippen molar-refractivity contribution < 1.29 is 17.9 Å². The summed E-state index contributed by atoms with van der Waals surface area (Å²) in [5, 5.41) is 1.09. The van der Waals surface area contributed by atoms with Crippen molar-refractivity contribution in [2.24, 2.45) is 0 Å². The Labute approximate surface area is 178 Å². The lowest BCUT2D eigenvalue weighted by Crippen LogP contribution is -2.29. The van der Waals surface area contributed by atoms with Gasteiger partial charge in [0.25, 0.3) is 0 Å². The van der Waals surface area contributed by atoms with Crippen molar-refractivity contribution in [3.8, 4) is 11.5 Å². The Kier molecular flexibility index (Phi) is 4.94. The molecule has 3 aromatic carbocycles. The van der Waals surface area contributed by atoms with Crippen molar-refractivity contribution in [1.82, 2.24) is 4.72 Å². The topological polar surface area (TPSA) is 64.6 Å². The zero-order chi connectivity index (χ0) is 20.6. The van der Waals surface area contributed by atoms with Crippen molar-refractivity contribution in [3.63, 3.8) is 0 Å². The van der Waals surface area contributed by atoms with Gasteiger partial charge in [-0.1, -0.05) is 48.5 Å². The summed E-state index contributed by atoms with van der Waals surface area (Å²) in [7, 11) is -3.81. The number of ether oxygens (including phenoxy) is 2. The lowest BCUT2D eigenvalue weighted by molar-refractivity contribution is 0.171. The molecule has 1 N–H and O–H groups in total. The second-order valence-electron chi connectivity index (χ2n) is 6.96. The monoisotopic (exact) mass is 437 g/mol. The Balaban J connectivity index is 1.55. The summed E-state index contributed by atoms with van der Waals surface area (Å²) in [5.41, 5.74) is 0.880. The van der Waals surface area contributed by atoms with Crippen LogP contribution in [-0.4, -0.2) is 21.6 Å². The molecule has 0 aliphatic carbocycles. The van der Waals surface area contributed by atoms with Crippen molar-refractivity contribution in [1.29, 1.82) is 0 Å². The van der Waals surface area contributed by atoms with Gasteiger partial charge in [-0.3, -0.25) is 0 Å². The molecule has 4 aromatic rings. The fourth-order valence-corrected chi connectivity index (χ4v) is 5.93. The minimum absolute atomic E-state index is 0.147. The molecule has 1 atom stereocenters. The van der Waals surface area contributed by atoms with E-state index in [2.05, 4.69) is 4.72 Å². The number of hydrogen-bond donors (Lipinski definition) is 1. The smallest absolute Gasteiger partial charge is 0.241 e. The molecular weight excluding hydrogens is 418 g/mol. The van der Waals surface area contributed by atoms with Crippen LogP contribution in [0.15, 0.2) is 83.8 Å². The number of hydrogen-bond acceptors (Lipinski definition) is 5. The summed E-state index contributed by atoms with van der Waals surface area (Å²) in [6.07, 6.45) is 0. The van der Waals surface area contributed by atoms with E-state index in [0.29, 0.717) is 24.7 Å². The van der Waals surface area contributed by atoms with Crippen LogP contribution in [0.4, 0.5) is 0 Å². The third-order valence-electron chi connectivity index (χ3n) is 4.96. The van der Waals surface area contributed by atoms with Gasteiger partial charge in [-0.25, -0.2) is 8.42 Å². The predicted octanol–water partition coefficient (Wildman–Crippen LogP) is 4.74. The number of nitrogens with one attached hydrogen (secondary N) is 1. The maximum Gasteiger partial charge on any atom is 0.241 e. The van der Waals surface area contributed by atoms with Crippen LogP contribution in [0.1, 0.15) is 16.5 Å². The summed E-state index contributed by atoms with van der Waals surface area (Å²) in [6, 6.07) is 23.9. The average molecular weight is 438 g/mol. The summed E-state index contributed by atoms with van der Waals surface area (Å²) < 4.78 is 41.7. The molecule has 152 valence electrons. The Bertz CT molecular complexity index is 1270. The molecule has 30 heavy (non-hydrogen) atoms. The van der Waals surface area contributed by atoms with E-state index in [9.17, 15) is 8.42 Å². The van der Waals surface area contributed by atoms with Crippen molar-refractivity contribution in [2.45, 2.75) is 10.9 Å². The first-order chi connectivity index (χ1) is 14.6. The van der Waals surface area contributed by atoms with Gasteiger partial charge in [0.15, 0.2) is 11.5 Å². The summed E-state index contributed by atoms with van der Waals surface area (Å²) in [4.78, 5) is 1.08. The van der Waals surface area contributed by atoms with Crippen molar-refractivity contribution in [2.75, 3.05) is 13.2 Å². The fraction of sp³-hybridized carbons (Fsp3) is 0.130. The fourth-order valence-electron chi connectivity index (χ4n) is 3.49. The van der Waals surface area contributed by atoms with Gasteiger partial charge in [-0.2, -0.15) is 4.72 Å². The molecule has 0 saturated heterocycles. The number of rotatable bonds is 5. The number of benzene rings is 3. The molecule has 0 amide bonds. The van der Waals surface area contributed by atoms with Gasteiger partial charge in [-0.05, 0) is 35.2 Å². The van der Waals surface area contributed by atoms with Crippen LogP contribution in [0.3, 0.4) is 0 Å². The van der Waals surface area contributed by atoms with Gasteiger partial charge in [0.05, 0.1) is 10.9 Å². The maximum atomic E-state index is 13.3. The summed E-state index contributed by atoms with van der Waals surface area (Å²) in [5.74, 6) is 1.01. The van der Waals surface area contributed by atoms with Crippen molar-refractivity contribution in [3.05, 3.63) is 89.3 Å². The zero-order valence-electron chi connectivity index (χ0n) is 15.9. The van der Waals surface area contributed by atoms with Crippen LogP contribution in [-0.2, 0) is 10.0 Å². The summed E-state index contributed by atoms with van der Waals surface area (Å²) in [6.45, 7) is 0.859. The quantitative estimate of drug-likeness (QED) is 0.490. The minimum Gasteiger partial charge on any atom is -0.486 e. The van der Waals surface area contributed by atoms with E-state index >= 15 is 0 Å². The van der Waals surface area contributed by atoms with E-state index < -0.39 is 16.1 Å². The highest BCUT2D eigenvalue weighted by atomic mass is 32.2. The average Bonchev–Trinajstić information content (AvgIpc) is 3.22. The Morgan fingerprint density at radius 1 is 0.833 bits per heavy atom. The third kappa shape index (κ3) is 3.67. The third-order valence-corrected chi connectivity index (χ3v) is 7.56. The summed E-state index contributed by atoms with van der Waals surface area (Å²) >= 11 is 1.59. The first kappa shape index (κ1) is 19.1. The van der Waals surface area contributed by atoms with Crippen LogP contribution in [0, 0.1) is 0 Å². The van der Waals surface area contributed by atoms with Gasteiger partial charge >= 0.3 is 0 Å². The van der Waals surface area contributed by atoms with E-state index in [1.807, 2.05) is 60.7 Å². The largest absolute Gasteiger partial charge is 0.486 e. The molecule has 5 nitrogen and oxygen atoms in total. The molecule has 1 aliphatic rings. The lowest BCUT2D eigenvalue weighted by atomic mass is 10.1. The van der Waals surface area contributed by atoms with Crippen LogP contribution in [0.5, 0.6) is 11.5 Å². The van der Waals surface area contributed by atoms with E-state index in [1.54, 1.807) is 23.5 Å². The normalized spacial score (nSPS) is 14.5. The molecule has 0 fully saturated rings. The van der Waals surface area contributed by atoms with Crippen LogP contribution in [0.25, 0.3) is 10.1 Å². The predicted molar refractivity (Wildman–Crippen MR) is 118 cm³/mol. The zero-order valence-corrected chi connectivity index (χ0v) is 17.6. The molecule has 0 bridgehead atoms. The molecule has 0 saturated carbocycles. The van der Waals surface area contributed by atoms with Gasteiger partial charge in [0.2, 0.25) is 10.0 Å². The standard InChI is InChI=1S/C23H19NO4S2/c25-30(26,18-10-11-19-20(15-18)28-13-12-27-19)24-23(16-6-2-1-3-7-16)22-14-17-8-4-5-9-21(17)29-22/h1-11,14-15,23-24H,12-13H2/t23-/m1/s1. The first-order valence-corrected chi connectivity index (χ1v) is 11.9. The second kappa shape index (κ2) is 7.75. The van der Waals surface area contributed by atoms with Gasteiger partial charge in [-0.15, -0.1) is 11.3 Å². The molecular formula is C23H19NO4S2. The highest BCUT2D eigenvalue weighted by molar-refractivity contribution is 7.89. The lowest BCUT2D eigenvalue weighted by Gasteiger charge is -2.21. The second-order valence-corrected chi connectivity index (χ2v) is 9.79. The minimum atomic E-state index is -3.81. The van der Waals surface area contributed by atoms with Gasteiger partial charge in [0, 0.05) is 15.6 Å². The molecule has 0 radical (unpaired) electrons. The number of thiophene rings is 1. The van der Waals surface area contributed by atoms with Crippen LogP contribution >= 0.6 is 11.3 Å². The SMILES string of the molecule is O=S(=O)(N[C@H](c1ccccc1)c1cc2ccccc2s1)c1ccc2c(c1)OCCO2. The Hall–Kier alpha value is -2.87. The van der Waals surface area contributed by atoms with Gasteiger partial charge < -0.3 is 9.47 Å². The van der Waals surface area contributed by atoms with E-state index in [1.165, 1.54) is 6.07 Å². The van der Waals surface area contributed by atoms with E-state index in [4.69, 9.17) is 9.47 Å². The first-order valence-electron chi connectivity index (χ1n) is 9.55.